The topological polar surface area (TPSA) is 84.8 Å². The molecule has 0 saturated carbocycles. The molecule has 0 aliphatic rings. The van der Waals surface area contributed by atoms with Gasteiger partial charge in [0.05, 0.1) is 18.3 Å². The van der Waals surface area contributed by atoms with Crippen molar-refractivity contribution in [2.24, 2.45) is 0 Å². The fourth-order valence-corrected chi connectivity index (χ4v) is 4.61. The fourth-order valence-electron chi connectivity index (χ4n) is 4.61. The molecule has 1 amide bonds. The molecule has 172 valence electrons. The van der Waals surface area contributed by atoms with Gasteiger partial charge in [-0.25, -0.2) is 4.98 Å². The van der Waals surface area contributed by atoms with Gasteiger partial charge in [0, 0.05) is 51.0 Å². The largest absolute Gasteiger partial charge is 0.497 e. The van der Waals surface area contributed by atoms with Crippen LogP contribution in [0, 0.1) is 6.92 Å². The van der Waals surface area contributed by atoms with E-state index >= 15 is 0 Å². The van der Waals surface area contributed by atoms with Crippen molar-refractivity contribution >= 4 is 44.4 Å². The molecular weight excluding hydrogens is 438 g/mol. The van der Waals surface area contributed by atoms with Gasteiger partial charge in [0.15, 0.2) is 0 Å². The van der Waals surface area contributed by atoms with Crippen molar-refractivity contribution in [1.82, 2.24) is 19.5 Å². The Morgan fingerprint density at radius 3 is 2.80 bits per heavy atom. The monoisotopic (exact) mass is 461 g/mol. The number of anilines is 1. The minimum Gasteiger partial charge on any atom is -0.497 e. The molecule has 6 aromatic rings. The number of fused-ring (bicyclic) bond motifs is 3. The summed E-state index contributed by atoms with van der Waals surface area (Å²) in [6.45, 7) is 2.09. The van der Waals surface area contributed by atoms with Crippen molar-refractivity contribution < 1.29 is 9.53 Å². The lowest BCUT2D eigenvalue weighted by atomic mass is 10.1. The first kappa shape index (κ1) is 20.9. The summed E-state index contributed by atoms with van der Waals surface area (Å²) in [5.41, 5.74) is 6.16. The van der Waals surface area contributed by atoms with Gasteiger partial charge in [-0.2, -0.15) is 0 Å². The van der Waals surface area contributed by atoms with Crippen molar-refractivity contribution in [3.05, 3.63) is 84.8 Å². The Balaban J connectivity index is 1.39. The average molecular weight is 462 g/mol. The zero-order chi connectivity index (χ0) is 23.9. The first-order chi connectivity index (χ1) is 17.1. The van der Waals surface area contributed by atoms with E-state index in [1.165, 1.54) is 0 Å². The minimum absolute atomic E-state index is 0.113. The zero-order valence-electron chi connectivity index (χ0n) is 19.4. The Bertz CT molecular complexity index is 1700. The molecule has 7 heteroatoms. The second kappa shape index (κ2) is 8.29. The van der Waals surface area contributed by atoms with Crippen LogP contribution in [0.3, 0.4) is 0 Å². The summed E-state index contributed by atoms with van der Waals surface area (Å²) >= 11 is 0. The summed E-state index contributed by atoms with van der Waals surface area (Å²) < 4.78 is 7.44. The number of aromatic nitrogens is 4. The third-order valence-corrected chi connectivity index (χ3v) is 6.20. The molecule has 2 aromatic carbocycles. The van der Waals surface area contributed by atoms with Crippen molar-refractivity contribution in [1.29, 1.82) is 0 Å². The molecule has 7 nitrogen and oxygen atoms in total. The van der Waals surface area contributed by atoms with Gasteiger partial charge >= 0.3 is 0 Å². The van der Waals surface area contributed by atoms with Crippen molar-refractivity contribution in [2.45, 2.75) is 13.5 Å². The first-order valence-corrected chi connectivity index (χ1v) is 11.4. The molecule has 0 bridgehead atoms. The maximum atomic E-state index is 13.2. The highest BCUT2D eigenvalue weighted by molar-refractivity contribution is 6.03. The predicted octanol–water partition coefficient (Wildman–Crippen LogP) is 5.69. The van der Waals surface area contributed by atoms with E-state index in [9.17, 15) is 4.79 Å². The number of para-hydroxylation sites is 1. The minimum atomic E-state index is -0.113. The summed E-state index contributed by atoms with van der Waals surface area (Å²) in [6.07, 6.45) is 3.77. The summed E-state index contributed by atoms with van der Waals surface area (Å²) in [6, 6.07) is 21.6. The van der Waals surface area contributed by atoms with E-state index < -0.39 is 0 Å². The Kier molecular flexibility index (Phi) is 4.95. The number of rotatable bonds is 5. The van der Waals surface area contributed by atoms with E-state index in [1.54, 1.807) is 13.3 Å². The lowest BCUT2D eigenvalue weighted by molar-refractivity contribution is -0.116. The maximum Gasteiger partial charge on any atom is 0.244 e. The smallest absolute Gasteiger partial charge is 0.244 e. The highest BCUT2D eigenvalue weighted by Crippen LogP contribution is 2.34. The predicted molar refractivity (Wildman–Crippen MR) is 139 cm³/mol. The van der Waals surface area contributed by atoms with Crippen LogP contribution in [0.5, 0.6) is 5.75 Å². The second-order valence-corrected chi connectivity index (χ2v) is 8.55. The highest BCUT2D eigenvalue weighted by Gasteiger charge is 2.16. The molecule has 0 saturated heterocycles. The summed E-state index contributed by atoms with van der Waals surface area (Å²) in [5, 5.41) is 6.03. The van der Waals surface area contributed by atoms with Crippen LogP contribution in [0.25, 0.3) is 44.1 Å². The van der Waals surface area contributed by atoms with Crippen LogP contribution in [0.15, 0.2) is 79.1 Å². The van der Waals surface area contributed by atoms with E-state index in [0.29, 0.717) is 0 Å². The molecular formula is C28H23N5O2. The summed E-state index contributed by atoms with van der Waals surface area (Å²) in [4.78, 5) is 25.6. The van der Waals surface area contributed by atoms with Crippen molar-refractivity contribution in [2.75, 3.05) is 12.4 Å². The molecule has 2 N–H and O–H groups in total. The lowest BCUT2D eigenvalue weighted by Gasteiger charge is -2.11. The number of amides is 1. The number of aromatic amines is 1. The Morgan fingerprint density at radius 2 is 1.94 bits per heavy atom. The van der Waals surface area contributed by atoms with Crippen LogP contribution in [0.4, 0.5) is 5.69 Å². The SMILES string of the molecule is COc1ccc2c(c1)c(-c1cc3cccnc3[nH]1)cn2CC(=O)Nc1cc(C)nc2ccccc12. The van der Waals surface area contributed by atoms with E-state index in [4.69, 9.17) is 4.74 Å². The molecule has 4 heterocycles. The molecule has 0 unspecified atom stereocenters. The molecule has 0 aliphatic carbocycles. The quantitative estimate of drug-likeness (QED) is 0.345. The van der Waals surface area contributed by atoms with Crippen LogP contribution in [-0.4, -0.2) is 32.5 Å². The van der Waals surface area contributed by atoms with Gasteiger partial charge < -0.3 is 19.6 Å². The molecule has 0 aliphatic heterocycles. The molecule has 0 atom stereocenters. The number of ether oxygens (including phenoxy) is 1. The van der Waals surface area contributed by atoms with Crippen LogP contribution in [0.2, 0.25) is 0 Å². The summed E-state index contributed by atoms with van der Waals surface area (Å²) in [7, 11) is 1.65. The van der Waals surface area contributed by atoms with Crippen LogP contribution < -0.4 is 10.1 Å². The molecule has 4 aromatic heterocycles. The number of carbonyl (C=O) groups excluding carboxylic acids is 1. The normalized spacial score (nSPS) is 11.4. The van der Waals surface area contributed by atoms with Gasteiger partial charge in [-0.1, -0.05) is 18.2 Å². The first-order valence-electron chi connectivity index (χ1n) is 11.4. The van der Waals surface area contributed by atoms with Gasteiger partial charge in [0.25, 0.3) is 0 Å². The lowest BCUT2D eigenvalue weighted by Crippen LogP contribution is -2.18. The molecule has 0 radical (unpaired) electrons. The Labute approximate surface area is 201 Å². The standard InChI is InChI=1S/C28H23N5O2/c1-17-12-24(20-7-3-4-8-23(20)30-17)31-27(34)16-33-15-22(21-14-19(35-2)9-10-26(21)33)25-13-18-6-5-11-29-28(18)32-25/h3-15H,16H2,1-2H3,(H,29,32)(H,30,31,34). The highest BCUT2D eigenvalue weighted by atomic mass is 16.5. The van der Waals surface area contributed by atoms with E-state index in [-0.39, 0.29) is 12.5 Å². The average Bonchev–Trinajstić information content (AvgIpc) is 3.45. The van der Waals surface area contributed by atoms with Gasteiger partial charge in [0.1, 0.15) is 17.9 Å². The third kappa shape index (κ3) is 3.77. The van der Waals surface area contributed by atoms with Crippen LogP contribution >= 0.6 is 0 Å². The van der Waals surface area contributed by atoms with Gasteiger partial charge in [0.2, 0.25) is 5.91 Å². The number of pyridine rings is 2. The van der Waals surface area contributed by atoms with E-state index in [0.717, 1.165) is 61.2 Å². The van der Waals surface area contributed by atoms with Crippen molar-refractivity contribution in [3.63, 3.8) is 0 Å². The van der Waals surface area contributed by atoms with Gasteiger partial charge in [-0.05, 0) is 55.5 Å². The third-order valence-electron chi connectivity index (χ3n) is 6.20. The van der Waals surface area contributed by atoms with E-state index in [2.05, 4.69) is 26.3 Å². The number of hydrogen-bond donors (Lipinski definition) is 2. The van der Waals surface area contributed by atoms with Crippen LogP contribution in [-0.2, 0) is 11.3 Å². The number of methoxy groups -OCH3 is 1. The number of hydrogen-bond acceptors (Lipinski definition) is 4. The molecule has 35 heavy (non-hydrogen) atoms. The number of nitrogens with one attached hydrogen (secondary N) is 2. The molecule has 6 rings (SSSR count). The number of aryl methyl sites for hydroxylation is 1. The Hall–Kier alpha value is -4.65. The number of benzene rings is 2. The second-order valence-electron chi connectivity index (χ2n) is 8.55. The molecule has 0 fully saturated rings. The van der Waals surface area contributed by atoms with Crippen molar-refractivity contribution in [3.8, 4) is 17.0 Å². The van der Waals surface area contributed by atoms with E-state index in [1.807, 2.05) is 78.4 Å². The molecule has 0 spiro atoms. The number of nitrogens with zero attached hydrogens (tertiary/aromatic N) is 3. The van der Waals surface area contributed by atoms with Gasteiger partial charge in [-0.3, -0.25) is 9.78 Å². The maximum absolute atomic E-state index is 13.2. The summed E-state index contributed by atoms with van der Waals surface area (Å²) in [5.74, 6) is 0.646. The number of H-pyrrole nitrogens is 1. The van der Waals surface area contributed by atoms with Gasteiger partial charge in [-0.15, -0.1) is 0 Å². The zero-order valence-corrected chi connectivity index (χ0v) is 19.4. The van der Waals surface area contributed by atoms with Crippen LogP contribution in [0.1, 0.15) is 5.69 Å². The fraction of sp³-hybridized carbons (Fsp3) is 0.107. The number of carbonyl (C=O) groups is 1. The Morgan fingerprint density at radius 1 is 1.06 bits per heavy atom.